The second-order valence-corrected chi connectivity index (χ2v) is 4.59. The third-order valence-electron chi connectivity index (χ3n) is 3.12. The standard InChI is InChI=1S/C14H20N2O2/c17-14(16-10-13-8-4-5-9-15-13)18-11-12-6-2-1-3-7-12/h1-3,6-7,13,15H,4-5,8-11H2,(H,16,17). The van der Waals surface area contributed by atoms with Crippen molar-refractivity contribution in [2.75, 3.05) is 13.1 Å². The number of hydrogen-bond donors (Lipinski definition) is 2. The smallest absolute Gasteiger partial charge is 0.407 e. The van der Waals surface area contributed by atoms with Crippen LogP contribution in [0, 0.1) is 0 Å². The molecule has 0 aromatic heterocycles. The molecule has 2 rings (SSSR count). The molecule has 1 saturated heterocycles. The Kier molecular flexibility index (Phi) is 5.02. The summed E-state index contributed by atoms with van der Waals surface area (Å²) in [6.45, 7) is 2.02. The van der Waals surface area contributed by atoms with Gasteiger partial charge in [-0.3, -0.25) is 0 Å². The Hall–Kier alpha value is -1.55. The minimum atomic E-state index is -0.341. The summed E-state index contributed by atoms with van der Waals surface area (Å²) in [6, 6.07) is 10.1. The van der Waals surface area contributed by atoms with Gasteiger partial charge in [0.05, 0.1) is 0 Å². The predicted octanol–water partition coefficient (Wildman–Crippen LogP) is 2.05. The van der Waals surface area contributed by atoms with E-state index < -0.39 is 0 Å². The normalized spacial score (nSPS) is 19.2. The molecule has 1 fully saturated rings. The molecule has 0 aliphatic carbocycles. The molecular formula is C14H20N2O2. The van der Waals surface area contributed by atoms with Gasteiger partial charge in [0.2, 0.25) is 0 Å². The zero-order chi connectivity index (χ0) is 12.6. The zero-order valence-corrected chi connectivity index (χ0v) is 10.5. The molecule has 1 aromatic carbocycles. The van der Waals surface area contributed by atoms with Crippen LogP contribution in [0.15, 0.2) is 30.3 Å². The first-order valence-corrected chi connectivity index (χ1v) is 6.52. The summed E-state index contributed by atoms with van der Waals surface area (Å²) in [5.74, 6) is 0. The van der Waals surface area contributed by atoms with E-state index in [0.717, 1.165) is 18.5 Å². The van der Waals surface area contributed by atoms with Gasteiger partial charge in [-0.15, -0.1) is 0 Å². The average Bonchev–Trinajstić information content (AvgIpc) is 2.45. The maximum Gasteiger partial charge on any atom is 0.407 e. The van der Waals surface area contributed by atoms with Crippen molar-refractivity contribution in [3.8, 4) is 0 Å². The molecule has 18 heavy (non-hydrogen) atoms. The lowest BCUT2D eigenvalue weighted by Crippen LogP contribution is -2.43. The SMILES string of the molecule is O=C(NCC1CCCCN1)OCc1ccccc1. The average molecular weight is 248 g/mol. The first-order valence-electron chi connectivity index (χ1n) is 6.52. The highest BCUT2D eigenvalue weighted by Gasteiger charge is 2.13. The highest BCUT2D eigenvalue weighted by Crippen LogP contribution is 2.06. The van der Waals surface area contributed by atoms with Gasteiger partial charge >= 0.3 is 6.09 Å². The number of nitrogens with one attached hydrogen (secondary N) is 2. The molecule has 0 radical (unpaired) electrons. The molecule has 1 aliphatic heterocycles. The molecule has 1 atom stereocenters. The monoisotopic (exact) mass is 248 g/mol. The molecule has 0 bridgehead atoms. The lowest BCUT2D eigenvalue weighted by molar-refractivity contribution is 0.138. The van der Waals surface area contributed by atoms with E-state index in [9.17, 15) is 4.79 Å². The van der Waals surface area contributed by atoms with Gasteiger partial charge in [-0.1, -0.05) is 36.8 Å². The molecule has 0 saturated carbocycles. The maximum atomic E-state index is 11.5. The van der Waals surface area contributed by atoms with Crippen LogP contribution in [0.5, 0.6) is 0 Å². The molecule has 1 aliphatic rings. The second-order valence-electron chi connectivity index (χ2n) is 4.59. The Balaban J connectivity index is 1.63. The van der Waals surface area contributed by atoms with Crippen molar-refractivity contribution >= 4 is 6.09 Å². The van der Waals surface area contributed by atoms with Crippen LogP contribution in [0.3, 0.4) is 0 Å². The number of alkyl carbamates (subject to hydrolysis) is 1. The van der Waals surface area contributed by atoms with Crippen LogP contribution in [0.1, 0.15) is 24.8 Å². The Labute approximate surface area is 108 Å². The number of carbonyl (C=O) groups is 1. The van der Waals surface area contributed by atoms with Crippen molar-refractivity contribution in [1.82, 2.24) is 10.6 Å². The molecule has 98 valence electrons. The number of carbonyl (C=O) groups excluding carboxylic acids is 1. The second kappa shape index (κ2) is 7.01. The first-order chi connectivity index (χ1) is 8.84. The summed E-state index contributed by atoms with van der Waals surface area (Å²) in [5.41, 5.74) is 1.00. The minimum absolute atomic E-state index is 0.324. The van der Waals surface area contributed by atoms with Crippen LogP contribution in [-0.4, -0.2) is 25.2 Å². The van der Waals surface area contributed by atoms with E-state index in [-0.39, 0.29) is 6.09 Å². The topological polar surface area (TPSA) is 50.4 Å². The van der Waals surface area contributed by atoms with Gasteiger partial charge in [-0.25, -0.2) is 4.79 Å². The fourth-order valence-corrected chi connectivity index (χ4v) is 2.08. The largest absolute Gasteiger partial charge is 0.445 e. The summed E-state index contributed by atoms with van der Waals surface area (Å²) < 4.78 is 5.14. The third kappa shape index (κ3) is 4.37. The van der Waals surface area contributed by atoms with Crippen molar-refractivity contribution in [3.63, 3.8) is 0 Å². The van der Waals surface area contributed by atoms with Gasteiger partial charge in [-0.05, 0) is 24.9 Å². The summed E-state index contributed by atoms with van der Waals surface area (Å²) in [6.07, 6.45) is 3.25. The van der Waals surface area contributed by atoms with Crippen LogP contribution in [0.25, 0.3) is 0 Å². The van der Waals surface area contributed by atoms with Crippen LogP contribution < -0.4 is 10.6 Å². The highest BCUT2D eigenvalue weighted by molar-refractivity contribution is 5.67. The van der Waals surface area contributed by atoms with Crippen molar-refractivity contribution in [2.45, 2.75) is 31.9 Å². The van der Waals surface area contributed by atoms with Crippen molar-refractivity contribution < 1.29 is 9.53 Å². The van der Waals surface area contributed by atoms with Crippen molar-refractivity contribution in [2.24, 2.45) is 0 Å². The Bertz CT molecular complexity index is 361. The Morgan fingerprint density at radius 1 is 1.33 bits per heavy atom. The summed E-state index contributed by atoms with van der Waals surface area (Å²) >= 11 is 0. The van der Waals surface area contributed by atoms with E-state index in [1.54, 1.807) is 0 Å². The highest BCUT2D eigenvalue weighted by atomic mass is 16.5. The van der Waals surface area contributed by atoms with E-state index in [2.05, 4.69) is 10.6 Å². The van der Waals surface area contributed by atoms with Crippen LogP contribution in [0.2, 0.25) is 0 Å². The van der Waals surface area contributed by atoms with Crippen molar-refractivity contribution in [1.29, 1.82) is 0 Å². The summed E-state index contributed by atoms with van der Waals surface area (Å²) in [5, 5.41) is 6.18. The van der Waals surface area contributed by atoms with Crippen LogP contribution in [0.4, 0.5) is 4.79 Å². The number of piperidine rings is 1. The first kappa shape index (κ1) is 12.9. The predicted molar refractivity (Wildman–Crippen MR) is 70.3 cm³/mol. The molecule has 1 unspecified atom stereocenters. The molecule has 1 aromatic rings. The van der Waals surface area contributed by atoms with Crippen molar-refractivity contribution in [3.05, 3.63) is 35.9 Å². The van der Waals surface area contributed by atoms with Crippen LogP contribution in [-0.2, 0) is 11.3 Å². The summed E-state index contributed by atoms with van der Waals surface area (Å²) in [4.78, 5) is 11.5. The van der Waals surface area contributed by atoms with E-state index in [0.29, 0.717) is 19.2 Å². The number of amides is 1. The Morgan fingerprint density at radius 3 is 2.89 bits per heavy atom. The maximum absolute atomic E-state index is 11.5. The zero-order valence-electron chi connectivity index (χ0n) is 10.5. The molecule has 1 amide bonds. The number of ether oxygens (including phenoxy) is 1. The molecule has 0 spiro atoms. The van der Waals surface area contributed by atoms with E-state index >= 15 is 0 Å². The molecule has 2 N–H and O–H groups in total. The molecule has 4 heteroatoms. The lowest BCUT2D eigenvalue weighted by atomic mass is 10.1. The molecule has 4 nitrogen and oxygen atoms in total. The molecular weight excluding hydrogens is 228 g/mol. The van der Waals surface area contributed by atoms with Gasteiger partial charge < -0.3 is 15.4 Å². The number of hydrogen-bond acceptors (Lipinski definition) is 3. The number of benzene rings is 1. The van der Waals surface area contributed by atoms with Gasteiger partial charge in [0.25, 0.3) is 0 Å². The van der Waals surface area contributed by atoms with Gasteiger partial charge in [0.15, 0.2) is 0 Å². The molecule has 1 heterocycles. The Morgan fingerprint density at radius 2 is 2.17 bits per heavy atom. The van der Waals surface area contributed by atoms with E-state index in [1.165, 1.54) is 12.8 Å². The van der Waals surface area contributed by atoms with E-state index in [4.69, 9.17) is 4.74 Å². The number of rotatable bonds is 4. The van der Waals surface area contributed by atoms with Crippen LogP contribution >= 0.6 is 0 Å². The van der Waals surface area contributed by atoms with E-state index in [1.807, 2.05) is 30.3 Å². The summed E-state index contributed by atoms with van der Waals surface area (Å²) in [7, 11) is 0. The van der Waals surface area contributed by atoms with Gasteiger partial charge in [0.1, 0.15) is 6.61 Å². The van der Waals surface area contributed by atoms with Gasteiger partial charge in [-0.2, -0.15) is 0 Å². The fourth-order valence-electron chi connectivity index (χ4n) is 2.08. The minimum Gasteiger partial charge on any atom is -0.445 e. The van der Waals surface area contributed by atoms with Gasteiger partial charge in [0, 0.05) is 12.6 Å². The quantitative estimate of drug-likeness (QED) is 0.857. The fraction of sp³-hybridized carbons (Fsp3) is 0.500. The third-order valence-corrected chi connectivity index (χ3v) is 3.12. The lowest BCUT2D eigenvalue weighted by Gasteiger charge is -2.23.